The third-order valence-electron chi connectivity index (χ3n) is 5.88. The third-order valence-corrected chi connectivity index (χ3v) is 5.88. The summed E-state index contributed by atoms with van der Waals surface area (Å²) in [5.74, 6) is 0.378. The van der Waals surface area contributed by atoms with E-state index in [0.29, 0.717) is 5.92 Å². The first kappa shape index (κ1) is 17.6. The van der Waals surface area contributed by atoms with Crippen molar-refractivity contribution in [2.24, 2.45) is 5.92 Å². The molecule has 2 aromatic carbocycles. The Balaban J connectivity index is 1.77. The van der Waals surface area contributed by atoms with Crippen molar-refractivity contribution in [1.29, 1.82) is 0 Å². The zero-order valence-corrected chi connectivity index (χ0v) is 15.9. The van der Waals surface area contributed by atoms with Gasteiger partial charge in [-0.3, -0.25) is 0 Å². The molecule has 4 rings (SSSR count). The Labute approximate surface area is 156 Å². The number of hydrogen-bond acceptors (Lipinski definition) is 3. The van der Waals surface area contributed by atoms with Crippen molar-refractivity contribution in [2.75, 3.05) is 11.9 Å². The van der Waals surface area contributed by atoms with Crippen LogP contribution in [0.1, 0.15) is 62.4 Å². The number of hydrogen-bond donors (Lipinski definition) is 2. The number of aliphatic hydroxyl groups excluding tert-OH is 1. The highest BCUT2D eigenvalue weighted by molar-refractivity contribution is 5.59. The Hall–Kier alpha value is -1.84. The minimum atomic E-state index is -0.0584. The number of nitrogens with one attached hydrogen (secondary N) is 1. The summed E-state index contributed by atoms with van der Waals surface area (Å²) in [6.07, 6.45) is 1.94. The van der Waals surface area contributed by atoms with Crippen molar-refractivity contribution < 1.29 is 9.84 Å². The SMILES string of the molecule is CC(C)(C)c1ccc2c(c1)[C@H]1O[C@@H](CO)CC[C@H]1[C@H](c1ccccc1)N2. The molecule has 0 bridgehead atoms. The highest BCUT2D eigenvalue weighted by atomic mass is 16.5. The van der Waals surface area contributed by atoms with Crippen molar-refractivity contribution >= 4 is 5.69 Å². The van der Waals surface area contributed by atoms with Gasteiger partial charge in [-0.25, -0.2) is 0 Å². The molecule has 2 aliphatic rings. The number of ether oxygens (including phenoxy) is 1. The molecule has 0 amide bonds. The van der Waals surface area contributed by atoms with E-state index in [-0.39, 0.29) is 30.3 Å². The first-order valence-corrected chi connectivity index (χ1v) is 9.69. The van der Waals surface area contributed by atoms with Crippen LogP contribution in [0.5, 0.6) is 0 Å². The van der Waals surface area contributed by atoms with Crippen LogP contribution in [0.2, 0.25) is 0 Å². The lowest BCUT2D eigenvalue weighted by Gasteiger charge is -2.45. The molecule has 26 heavy (non-hydrogen) atoms. The number of anilines is 1. The van der Waals surface area contributed by atoms with Crippen molar-refractivity contribution in [2.45, 2.75) is 57.3 Å². The first-order chi connectivity index (χ1) is 12.5. The highest BCUT2D eigenvalue weighted by Gasteiger charge is 2.42. The molecule has 0 aliphatic carbocycles. The summed E-state index contributed by atoms with van der Waals surface area (Å²) < 4.78 is 6.40. The fourth-order valence-electron chi connectivity index (χ4n) is 4.35. The lowest BCUT2D eigenvalue weighted by molar-refractivity contribution is -0.110. The lowest BCUT2D eigenvalue weighted by Crippen LogP contribution is -2.40. The summed E-state index contributed by atoms with van der Waals surface area (Å²) in [6.45, 7) is 6.83. The minimum Gasteiger partial charge on any atom is -0.394 e. The van der Waals surface area contributed by atoms with E-state index >= 15 is 0 Å². The monoisotopic (exact) mass is 351 g/mol. The summed E-state index contributed by atoms with van der Waals surface area (Å²) >= 11 is 0. The zero-order valence-electron chi connectivity index (χ0n) is 15.9. The van der Waals surface area contributed by atoms with Crippen LogP contribution in [-0.2, 0) is 10.2 Å². The second-order valence-corrected chi connectivity index (χ2v) is 8.69. The van der Waals surface area contributed by atoms with E-state index in [0.717, 1.165) is 18.5 Å². The van der Waals surface area contributed by atoms with Gasteiger partial charge in [0.1, 0.15) is 0 Å². The zero-order chi connectivity index (χ0) is 18.3. The standard InChI is InChI=1S/C23H29NO2/c1-23(2,3)16-9-12-20-19(13-16)22-18(11-10-17(14-25)26-22)21(24-20)15-7-5-4-6-8-15/h4-9,12-13,17-18,21-22,24-25H,10-11,14H2,1-3H3/t17-,18+,21+,22+/m1/s1. The molecule has 3 nitrogen and oxygen atoms in total. The van der Waals surface area contributed by atoms with Crippen molar-refractivity contribution in [1.82, 2.24) is 0 Å². The second-order valence-electron chi connectivity index (χ2n) is 8.69. The van der Waals surface area contributed by atoms with Crippen LogP contribution < -0.4 is 5.32 Å². The summed E-state index contributed by atoms with van der Waals surface area (Å²) in [6, 6.07) is 17.6. The van der Waals surface area contributed by atoms with Crippen LogP contribution in [0.4, 0.5) is 5.69 Å². The molecule has 4 atom stereocenters. The van der Waals surface area contributed by atoms with Gasteiger partial charge in [0.2, 0.25) is 0 Å². The van der Waals surface area contributed by atoms with E-state index < -0.39 is 0 Å². The predicted molar refractivity (Wildman–Crippen MR) is 105 cm³/mol. The van der Waals surface area contributed by atoms with Crippen LogP contribution in [0.3, 0.4) is 0 Å². The highest BCUT2D eigenvalue weighted by Crippen LogP contribution is 2.50. The fraction of sp³-hybridized carbons (Fsp3) is 0.478. The number of benzene rings is 2. The van der Waals surface area contributed by atoms with Gasteiger partial charge in [0.15, 0.2) is 0 Å². The molecule has 0 saturated carbocycles. The van der Waals surface area contributed by atoms with Crippen LogP contribution in [-0.4, -0.2) is 17.8 Å². The van der Waals surface area contributed by atoms with E-state index in [9.17, 15) is 5.11 Å². The Morgan fingerprint density at radius 1 is 1.08 bits per heavy atom. The molecule has 0 radical (unpaired) electrons. The molecule has 138 valence electrons. The third kappa shape index (κ3) is 3.15. The van der Waals surface area contributed by atoms with Gasteiger partial charge in [-0.15, -0.1) is 0 Å². The summed E-state index contributed by atoms with van der Waals surface area (Å²) in [7, 11) is 0. The molecule has 0 unspecified atom stereocenters. The van der Waals surface area contributed by atoms with Gasteiger partial charge >= 0.3 is 0 Å². The van der Waals surface area contributed by atoms with Crippen LogP contribution in [0, 0.1) is 5.92 Å². The molecule has 2 aliphatic heterocycles. The van der Waals surface area contributed by atoms with Gasteiger partial charge in [-0.1, -0.05) is 63.2 Å². The Morgan fingerprint density at radius 3 is 2.54 bits per heavy atom. The largest absolute Gasteiger partial charge is 0.394 e. The van der Waals surface area contributed by atoms with Crippen molar-refractivity contribution in [3.05, 3.63) is 65.2 Å². The fourth-order valence-corrected chi connectivity index (χ4v) is 4.35. The topological polar surface area (TPSA) is 41.5 Å². The van der Waals surface area contributed by atoms with Gasteiger partial charge in [0, 0.05) is 17.2 Å². The molecule has 0 spiro atoms. The Kier molecular flexibility index (Phi) is 4.54. The maximum absolute atomic E-state index is 9.66. The quantitative estimate of drug-likeness (QED) is 0.802. The second kappa shape index (κ2) is 6.71. The van der Waals surface area contributed by atoms with E-state index in [2.05, 4.69) is 74.6 Å². The average Bonchev–Trinajstić information content (AvgIpc) is 2.66. The first-order valence-electron chi connectivity index (χ1n) is 9.69. The Morgan fingerprint density at radius 2 is 1.85 bits per heavy atom. The van der Waals surface area contributed by atoms with Crippen LogP contribution >= 0.6 is 0 Å². The number of fused-ring (bicyclic) bond motifs is 3. The van der Waals surface area contributed by atoms with E-state index in [1.165, 1.54) is 16.7 Å². The number of aliphatic hydroxyl groups is 1. The van der Waals surface area contributed by atoms with Crippen molar-refractivity contribution in [3.63, 3.8) is 0 Å². The van der Waals surface area contributed by atoms with E-state index in [1.54, 1.807) is 0 Å². The van der Waals surface area contributed by atoms with Crippen LogP contribution in [0.25, 0.3) is 0 Å². The van der Waals surface area contributed by atoms with E-state index in [4.69, 9.17) is 4.74 Å². The molecular weight excluding hydrogens is 322 g/mol. The molecule has 1 fully saturated rings. The van der Waals surface area contributed by atoms with Crippen LogP contribution in [0.15, 0.2) is 48.5 Å². The van der Waals surface area contributed by atoms with Crippen molar-refractivity contribution in [3.8, 4) is 0 Å². The summed E-state index contributed by atoms with van der Waals surface area (Å²) in [5.41, 5.74) is 5.13. The molecule has 0 aromatic heterocycles. The molecule has 2 aromatic rings. The van der Waals surface area contributed by atoms with Gasteiger partial charge in [0.25, 0.3) is 0 Å². The number of rotatable bonds is 2. The maximum Gasteiger partial charge on any atom is 0.0900 e. The lowest BCUT2D eigenvalue weighted by atomic mass is 9.75. The summed E-state index contributed by atoms with van der Waals surface area (Å²) in [4.78, 5) is 0. The van der Waals surface area contributed by atoms with Gasteiger partial charge < -0.3 is 15.2 Å². The predicted octanol–water partition coefficient (Wildman–Crippen LogP) is 4.98. The molecule has 1 saturated heterocycles. The molecular formula is C23H29NO2. The molecule has 3 heteroatoms. The molecule has 2 heterocycles. The van der Waals surface area contributed by atoms with Gasteiger partial charge in [-0.2, -0.15) is 0 Å². The normalized spacial score (nSPS) is 28.0. The molecule has 2 N–H and O–H groups in total. The Bertz CT molecular complexity index is 766. The van der Waals surface area contributed by atoms with E-state index in [1.807, 2.05) is 0 Å². The van der Waals surface area contributed by atoms with Gasteiger partial charge in [0.05, 0.1) is 24.9 Å². The maximum atomic E-state index is 9.66. The average molecular weight is 351 g/mol. The minimum absolute atomic E-state index is 0.0321. The smallest absolute Gasteiger partial charge is 0.0900 e. The summed E-state index contributed by atoms with van der Waals surface area (Å²) in [5, 5.41) is 13.4. The van der Waals surface area contributed by atoms with Gasteiger partial charge in [-0.05, 0) is 35.4 Å².